The second-order valence-electron chi connectivity index (χ2n) is 5.93. The van der Waals surface area contributed by atoms with Gasteiger partial charge in [0.25, 0.3) is 5.91 Å². The number of ether oxygens (including phenoxy) is 1. The molecule has 3 nitrogen and oxygen atoms in total. The van der Waals surface area contributed by atoms with E-state index in [1.807, 2.05) is 37.3 Å². The van der Waals surface area contributed by atoms with Crippen molar-refractivity contribution in [2.45, 2.75) is 37.3 Å². The van der Waals surface area contributed by atoms with E-state index in [-0.39, 0.29) is 17.8 Å². The third kappa shape index (κ3) is 3.73. The lowest BCUT2D eigenvalue weighted by atomic mass is 10.0. The van der Waals surface area contributed by atoms with Gasteiger partial charge in [-0.05, 0) is 49.6 Å². The fourth-order valence-corrected chi connectivity index (χ4v) is 3.91. The van der Waals surface area contributed by atoms with Crippen molar-refractivity contribution in [3.63, 3.8) is 0 Å². The molecule has 0 saturated heterocycles. The molecule has 0 aliphatic carbocycles. The zero-order valence-electron chi connectivity index (χ0n) is 13.7. The molecule has 2 aromatic rings. The molecule has 126 valence electrons. The Hall–Kier alpha value is -2.01. The average molecular weight is 345 g/mol. The van der Waals surface area contributed by atoms with Crippen LogP contribution in [0.4, 0.5) is 4.39 Å². The second kappa shape index (κ2) is 7.26. The third-order valence-corrected chi connectivity index (χ3v) is 5.17. The molecule has 2 atom stereocenters. The summed E-state index contributed by atoms with van der Waals surface area (Å²) in [5.41, 5.74) is 1.93. The van der Waals surface area contributed by atoms with Crippen LogP contribution in [0.5, 0.6) is 5.75 Å². The Labute approximate surface area is 145 Å². The first-order chi connectivity index (χ1) is 11.5. The number of aryl methyl sites for hydroxylation is 1. The first-order valence-corrected chi connectivity index (χ1v) is 8.98. The molecule has 24 heavy (non-hydrogen) atoms. The monoisotopic (exact) mass is 345 g/mol. The van der Waals surface area contributed by atoms with E-state index >= 15 is 0 Å². The van der Waals surface area contributed by atoms with Gasteiger partial charge in [-0.25, -0.2) is 4.39 Å². The maximum absolute atomic E-state index is 13.9. The van der Waals surface area contributed by atoms with Crippen LogP contribution in [-0.4, -0.2) is 17.8 Å². The number of rotatable bonds is 4. The number of nitrogens with one attached hydrogen (secondary N) is 1. The molecule has 5 heteroatoms. The molecule has 0 fully saturated rings. The summed E-state index contributed by atoms with van der Waals surface area (Å²) >= 11 is 1.50. The second-order valence-corrected chi connectivity index (χ2v) is 7.04. The van der Waals surface area contributed by atoms with Gasteiger partial charge < -0.3 is 10.1 Å². The van der Waals surface area contributed by atoms with Crippen LogP contribution < -0.4 is 10.1 Å². The normalized spacial score (nSPS) is 17.7. The smallest absolute Gasteiger partial charge is 0.261 e. The van der Waals surface area contributed by atoms with Crippen LogP contribution in [0.15, 0.2) is 47.4 Å². The first-order valence-electron chi connectivity index (χ1n) is 7.99. The number of thioether (sulfide) groups is 1. The quantitative estimate of drug-likeness (QED) is 0.900. The van der Waals surface area contributed by atoms with Crippen molar-refractivity contribution < 1.29 is 13.9 Å². The van der Waals surface area contributed by atoms with Crippen LogP contribution >= 0.6 is 11.8 Å². The van der Waals surface area contributed by atoms with Crippen molar-refractivity contribution >= 4 is 17.7 Å². The van der Waals surface area contributed by atoms with Crippen LogP contribution in [0.25, 0.3) is 0 Å². The summed E-state index contributed by atoms with van der Waals surface area (Å²) in [4.78, 5) is 13.1. The van der Waals surface area contributed by atoms with Gasteiger partial charge in [0, 0.05) is 10.6 Å². The van der Waals surface area contributed by atoms with Gasteiger partial charge >= 0.3 is 0 Å². The van der Waals surface area contributed by atoms with E-state index in [9.17, 15) is 9.18 Å². The van der Waals surface area contributed by atoms with Crippen molar-refractivity contribution in [2.75, 3.05) is 5.75 Å². The summed E-state index contributed by atoms with van der Waals surface area (Å²) in [5, 5.41) is 2.99. The van der Waals surface area contributed by atoms with Crippen LogP contribution in [0.2, 0.25) is 0 Å². The predicted octanol–water partition coefficient (Wildman–Crippen LogP) is 4.25. The van der Waals surface area contributed by atoms with E-state index in [0.29, 0.717) is 10.6 Å². The fourth-order valence-electron chi connectivity index (χ4n) is 2.77. The van der Waals surface area contributed by atoms with Crippen LogP contribution in [0.1, 0.15) is 30.5 Å². The van der Waals surface area contributed by atoms with Gasteiger partial charge in [-0.1, -0.05) is 24.3 Å². The molecule has 1 aliphatic heterocycles. The molecule has 0 spiro atoms. The lowest BCUT2D eigenvalue weighted by molar-refractivity contribution is -0.128. The fraction of sp³-hybridized carbons (Fsp3) is 0.316. The number of amides is 1. The Balaban J connectivity index is 1.68. The average Bonchev–Trinajstić information content (AvgIpc) is 2.56. The lowest BCUT2D eigenvalue weighted by Crippen LogP contribution is -2.39. The topological polar surface area (TPSA) is 38.3 Å². The highest BCUT2D eigenvalue weighted by Crippen LogP contribution is 2.37. The summed E-state index contributed by atoms with van der Waals surface area (Å²) in [6.07, 6.45) is 0.169. The van der Waals surface area contributed by atoms with Crippen molar-refractivity contribution in [1.82, 2.24) is 5.32 Å². The first kappa shape index (κ1) is 16.8. The number of hydrogen-bond donors (Lipinski definition) is 1. The summed E-state index contributed by atoms with van der Waals surface area (Å²) in [7, 11) is 0. The van der Waals surface area contributed by atoms with Crippen LogP contribution in [0.3, 0.4) is 0 Å². The predicted molar refractivity (Wildman–Crippen MR) is 93.9 cm³/mol. The number of fused-ring (bicyclic) bond motifs is 1. The molecule has 1 amide bonds. The molecule has 0 bridgehead atoms. The van der Waals surface area contributed by atoms with Gasteiger partial charge in [-0.15, -0.1) is 11.8 Å². The number of carbonyl (C=O) groups excluding carboxylic acids is 1. The highest BCUT2D eigenvalue weighted by molar-refractivity contribution is 7.99. The Bertz CT molecular complexity index is 750. The lowest BCUT2D eigenvalue weighted by Gasteiger charge is -2.27. The third-order valence-electron chi connectivity index (χ3n) is 4.01. The minimum atomic E-state index is -0.613. The molecule has 0 unspecified atom stereocenters. The number of benzene rings is 2. The molecule has 1 aliphatic rings. The van der Waals surface area contributed by atoms with Crippen molar-refractivity contribution in [1.29, 1.82) is 0 Å². The van der Waals surface area contributed by atoms with E-state index < -0.39 is 6.10 Å². The molecule has 0 saturated carbocycles. The van der Waals surface area contributed by atoms with Crippen LogP contribution in [-0.2, 0) is 4.79 Å². The molecule has 0 aromatic heterocycles. The zero-order valence-corrected chi connectivity index (χ0v) is 14.5. The van der Waals surface area contributed by atoms with Gasteiger partial charge in [0.1, 0.15) is 11.6 Å². The Morgan fingerprint density at radius 1 is 1.33 bits per heavy atom. The maximum Gasteiger partial charge on any atom is 0.261 e. The Morgan fingerprint density at radius 2 is 2.12 bits per heavy atom. The van der Waals surface area contributed by atoms with Gasteiger partial charge in [0.2, 0.25) is 0 Å². The zero-order chi connectivity index (χ0) is 17.1. The van der Waals surface area contributed by atoms with Crippen LogP contribution in [0, 0.1) is 12.7 Å². The summed E-state index contributed by atoms with van der Waals surface area (Å²) in [5.74, 6) is 1.04. The maximum atomic E-state index is 13.9. The van der Waals surface area contributed by atoms with Gasteiger partial charge in [-0.2, -0.15) is 0 Å². The minimum Gasteiger partial charge on any atom is -0.481 e. The number of halogens is 1. The van der Waals surface area contributed by atoms with Crippen molar-refractivity contribution in [3.8, 4) is 5.75 Å². The Kier molecular flexibility index (Phi) is 5.09. The van der Waals surface area contributed by atoms with Crippen molar-refractivity contribution in [3.05, 3.63) is 59.4 Å². The van der Waals surface area contributed by atoms with E-state index in [2.05, 4.69) is 5.32 Å². The van der Waals surface area contributed by atoms with Gasteiger partial charge in [0.05, 0.1) is 6.04 Å². The van der Waals surface area contributed by atoms with E-state index in [1.165, 1.54) is 17.8 Å². The largest absolute Gasteiger partial charge is 0.481 e. The summed E-state index contributed by atoms with van der Waals surface area (Å²) < 4.78 is 19.6. The molecule has 2 aromatic carbocycles. The molecule has 0 radical (unpaired) electrons. The molecule has 1 N–H and O–H groups in total. The number of carbonyl (C=O) groups is 1. The SMILES string of the molecule is Cc1cccc(O[C@H](C)C(=O)N[C@H]2CCSc3c(F)cccc32)c1. The molecular formula is C19H20FNO2S. The highest BCUT2D eigenvalue weighted by Gasteiger charge is 2.26. The van der Waals surface area contributed by atoms with E-state index in [1.54, 1.807) is 13.0 Å². The summed E-state index contributed by atoms with van der Waals surface area (Å²) in [6.45, 7) is 3.70. The molecule has 3 rings (SSSR count). The highest BCUT2D eigenvalue weighted by atomic mass is 32.2. The van der Waals surface area contributed by atoms with Gasteiger partial charge in [-0.3, -0.25) is 4.79 Å². The molecular weight excluding hydrogens is 325 g/mol. The molecule has 1 heterocycles. The summed E-state index contributed by atoms with van der Waals surface area (Å²) in [6, 6.07) is 12.4. The standard InChI is InChI=1S/C19H20FNO2S/c1-12-5-3-6-14(11-12)23-13(2)19(22)21-17-9-10-24-18-15(17)7-4-8-16(18)20/h3-8,11,13,17H,9-10H2,1-2H3,(H,21,22)/t13-,17+/m1/s1. The van der Waals surface area contributed by atoms with E-state index in [4.69, 9.17) is 4.74 Å². The van der Waals surface area contributed by atoms with E-state index in [0.717, 1.165) is 23.3 Å². The number of hydrogen-bond acceptors (Lipinski definition) is 3. The minimum absolute atomic E-state index is 0.173. The van der Waals surface area contributed by atoms with Crippen molar-refractivity contribution in [2.24, 2.45) is 0 Å². The van der Waals surface area contributed by atoms with Gasteiger partial charge in [0.15, 0.2) is 6.10 Å². The Morgan fingerprint density at radius 3 is 2.92 bits per heavy atom.